The number of amides is 1. The number of piperidine rings is 1. The van der Waals surface area contributed by atoms with Crippen LogP contribution in [-0.4, -0.2) is 86.4 Å². The van der Waals surface area contributed by atoms with Gasteiger partial charge in [-0.05, 0) is 80.0 Å². The number of carbonyl (C=O) groups is 1. The van der Waals surface area contributed by atoms with Gasteiger partial charge in [0, 0.05) is 74.1 Å². The van der Waals surface area contributed by atoms with Gasteiger partial charge in [-0.15, -0.1) is 0 Å². The van der Waals surface area contributed by atoms with E-state index in [9.17, 15) is 13.2 Å². The number of hydrogen-bond donors (Lipinski definition) is 1. The monoisotopic (exact) mass is 700 g/mol. The van der Waals surface area contributed by atoms with Crippen molar-refractivity contribution < 1.29 is 17.9 Å². The quantitative estimate of drug-likeness (QED) is 0.223. The molecule has 4 fully saturated rings. The SMILES string of the molecule is COc1cc(C(=O)N2CC3CCC2[C@@H]3N)cc2nc(-c3cc4cccnc4n3CC3CC3)n(CC3CN(S(=O)(=O)c4ccc(Cl)nc4)C3)c12. The van der Waals surface area contributed by atoms with E-state index in [1.54, 1.807) is 7.11 Å². The summed E-state index contributed by atoms with van der Waals surface area (Å²) in [5.41, 5.74) is 10.2. The van der Waals surface area contributed by atoms with Gasteiger partial charge in [-0.1, -0.05) is 11.6 Å². The van der Waals surface area contributed by atoms with E-state index in [0.29, 0.717) is 54.8 Å². The van der Waals surface area contributed by atoms with Crippen molar-refractivity contribution in [3.63, 3.8) is 0 Å². The van der Waals surface area contributed by atoms with Crippen LogP contribution in [0.5, 0.6) is 5.75 Å². The Balaban J connectivity index is 1.12. The van der Waals surface area contributed by atoms with Gasteiger partial charge in [-0.3, -0.25) is 4.79 Å². The fourth-order valence-electron chi connectivity index (χ4n) is 8.10. The number of nitrogens with zero attached hydrogens (tertiary/aromatic N) is 7. The summed E-state index contributed by atoms with van der Waals surface area (Å²) >= 11 is 5.91. The second-order valence-electron chi connectivity index (χ2n) is 14.0. The number of ether oxygens (including phenoxy) is 1. The normalized spacial score (nSPS) is 22.8. The Labute approximate surface area is 288 Å². The molecule has 9 rings (SSSR count). The van der Waals surface area contributed by atoms with Crippen LogP contribution in [0.4, 0.5) is 0 Å². The van der Waals surface area contributed by atoms with Crippen molar-refractivity contribution >= 4 is 49.6 Å². The molecule has 2 N–H and O–H groups in total. The highest BCUT2D eigenvalue weighted by molar-refractivity contribution is 7.89. The van der Waals surface area contributed by atoms with Crippen molar-refractivity contribution in [3.8, 4) is 17.3 Å². The predicted molar refractivity (Wildman–Crippen MR) is 185 cm³/mol. The number of pyridine rings is 2. The largest absolute Gasteiger partial charge is 0.494 e. The number of imidazole rings is 1. The molecule has 4 aliphatic rings. The van der Waals surface area contributed by atoms with Gasteiger partial charge in [0.15, 0.2) is 5.82 Å². The van der Waals surface area contributed by atoms with E-state index >= 15 is 0 Å². The van der Waals surface area contributed by atoms with Gasteiger partial charge in [0.1, 0.15) is 27.0 Å². The zero-order chi connectivity index (χ0) is 33.6. The molecule has 4 aromatic heterocycles. The minimum absolute atomic E-state index is 0.0122. The molecule has 14 heteroatoms. The average molecular weight is 701 g/mol. The molecule has 1 aromatic carbocycles. The van der Waals surface area contributed by atoms with Crippen LogP contribution in [0, 0.1) is 17.8 Å². The minimum Gasteiger partial charge on any atom is -0.494 e. The number of aromatic nitrogens is 5. The number of sulfonamides is 1. The summed E-state index contributed by atoms with van der Waals surface area (Å²) in [6.45, 7) is 2.69. The van der Waals surface area contributed by atoms with E-state index in [1.807, 2.05) is 29.3 Å². The lowest BCUT2D eigenvalue weighted by atomic mass is 10.0. The molecule has 6 heterocycles. The van der Waals surface area contributed by atoms with Gasteiger partial charge in [-0.25, -0.2) is 23.4 Å². The number of nitrogens with two attached hydrogens (primary N) is 1. The number of methoxy groups -OCH3 is 1. The fourth-order valence-corrected chi connectivity index (χ4v) is 9.75. The van der Waals surface area contributed by atoms with Crippen LogP contribution in [0.2, 0.25) is 5.15 Å². The first-order valence-electron chi connectivity index (χ1n) is 16.9. The molecule has 2 saturated heterocycles. The molecule has 3 atom stereocenters. The summed E-state index contributed by atoms with van der Waals surface area (Å²) < 4.78 is 38.6. The van der Waals surface area contributed by atoms with Crippen LogP contribution < -0.4 is 10.5 Å². The second kappa shape index (κ2) is 11.5. The minimum atomic E-state index is -3.71. The van der Waals surface area contributed by atoms with E-state index < -0.39 is 10.0 Å². The van der Waals surface area contributed by atoms with Crippen molar-refractivity contribution in [2.45, 2.75) is 55.8 Å². The Morgan fingerprint density at radius 3 is 2.51 bits per heavy atom. The molecular weight excluding hydrogens is 664 g/mol. The van der Waals surface area contributed by atoms with Crippen molar-refractivity contribution in [3.05, 3.63) is 65.6 Å². The van der Waals surface area contributed by atoms with Crippen molar-refractivity contribution in [1.29, 1.82) is 0 Å². The van der Waals surface area contributed by atoms with Crippen LogP contribution in [0.25, 0.3) is 33.6 Å². The van der Waals surface area contributed by atoms with Crippen molar-refractivity contribution in [2.24, 2.45) is 23.5 Å². The first-order valence-corrected chi connectivity index (χ1v) is 18.7. The smallest absolute Gasteiger partial charge is 0.254 e. The van der Waals surface area contributed by atoms with E-state index in [4.69, 9.17) is 32.0 Å². The van der Waals surface area contributed by atoms with E-state index in [-0.39, 0.29) is 34.0 Å². The highest BCUT2D eigenvalue weighted by Gasteiger charge is 2.47. The number of halogens is 1. The fraction of sp³-hybridized carbons (Fsp3) is 0.429. The van der Waals surface area contributed by atoms with Gasteiger partial charge in [0.05, 0.1) is 18.3 Å². The number of fused-ring (bicyclic) bond motifs is 4. The Bertz CT molecular complexity index is 2230. The molecule has 254 valence electrons. The number of rotatable bonds is 9. The zero-order valence-corrected chi connectivity index (χ0v) is 28.6. The molecule has 0 spiro atoms. The Hall–Kier alpha value is -4.04. The van der Waals surface area contributed by atoms with Crippen LogP contribution in [0.15, 0.2) is 59.8 Å². The maximum Gasteiger partial charge on any atom is 0.254 e. The molecule has 49 heavy (non-hydrogen) atoms. The summed E-state index contributed by atoms with van der Waals surface area (Å²) in [6.07, 6.45) is 7.46. The van der Waals surface area contributed by atoms with Crippen LogP contribution in [0.3, 0.4) is 0 Å². The molecule has 2 saturated carbocycles. The second-order valence-corrected chi connectivity index (χ2v) is 16.4. The van der Waals surface area contributed by atoms with Crippen LogP contribution >= 0.6 is 11.6 Å². The van der Waals surface area contributed by atoms with E-state index in [2.05, 4.69) is 26.3 Å². The summed E-state index contributed by atoms with van der Waals surface area (Å²) in [5, 5.41) is 1.27. The maximum atomic E-state index is 13.9. The Morgan fingerprint density at radius 2 is 1.82 bits per heavy atom. The summed E-state index contributed by atoms with van der Waals surface area (Å²) in [6, 6.07) is 12.9. The Kier molecular flexibility index (Phi) is 7.28. The topological polar surface area (TPSA) is 141 Å². The third kappa shape index (κ3) is 5.12. The highest BCUT2D eigenvalue weighted by Crippen LogP contribution is 2.41. The molecule has 2 unspecified atom stereocenters. The lowest BCUT2D eigenvalue weighted by molar-refractivity contribution is 0.0700. The third-order valence-electron chi connectivity index (χ3n) is 10.9. The summed E-state index contributed by atoms with van der Waals surface area (Å²) in [4.78, 5) is 29.9. The number of benzene rings is 1. The van der Waals surface area contributed by atoms with Gasteiger partial charge >= 0.3 is 0 Å². The summed E-state index contributed by atoms with van der Waals surface area (Å²) in [5.74, 6) is 2.17. The first kappa shape index (κ1) is 31.0. The van der Waals surface area contributed by atoms with Crippen LogP contribution in [-0.2, 0) is 23.1 Å². The Morgan fingerprint density at radius 1 is 1.00 bits per heavy atom. The number of likely N-dealkylation sites (tertiary alicyclic amines) is 1. The highest BCUT2D eigenvalue weighted by atomic mass is 35.5. The number of carbonyl (C=O) groups excluding carboxylic acids is 1. The zero-order valence-electron chi connectivity index (χ0n) is 27.1. The van der Waals surface area contributed by atoms with Gasteiger partial charge in [-0.2, -0.15) is 4.31 Å². The van der Waals surface area contributed by atoms with Crippen molar-refractivity contribution in [2.75, 3.05) is 26.7 Å². The predicted octanol–water partition coefficient (Wildman–Crippen LogP) is 4.40. The molecule has 5 aromatic rings. The van der Waals surface area contributed by atoms with Crippen LogP contribution in [0.1, 0.15) is 36.0 Å². The summed E-state index contributed by atoms with van der Waals surface area (Å²) in [7, 11) is -2.10. The van der Waals surface area contributed by atoms with Crippen molar-refractivity contribution in [1.82, 2.24) is 33.3 Å². The molecule has 0 radical (unpaired) electrons. The standard InChI is InChI=1S/C35H37ClN8O4S/c1-48-29-13-24(35(45)43-19-23-6-8-27(43)31(23)37)11-26-32(29)44(18-21-15-41(16-21)49(46,47)25-7-9-30(36)39-14-25)34(40-26)28-12-22-3-2-10-38-33(22)42(28)17-20-4-5-20/h2-3,7,9-14,20-21,23,27,31H,4-6,8,15-19,37H2,1H3/t23?,27?,31-/m1/s1. The maximum absolute atomic E-state index is 13.9. The molecular formula is C35H37ClN8O4S. The van der Waals surface area contributed by atoms with E-state index in [0.717, 1.165) is 47.5 Å². The third-order valence-corrected chi connectivity index (χ3v) is 13.0. The average Bonchev–Trinajstić information content (AvgIpc) is 3.44. The molecule has 12 nitrogen and oxygen atoms in total. The molecule has 1 amide bonds. The molecule has 2 bridgehead atoms. The van der Waals surface area contributed by atoms with Gasteiger partial charge in [0.2, 0.25) is 10.0 Å². The lowest BCUT2D eigenvalue weighted by Crippen LogP contribution is -2.51. The van der Waals surface area contributed by atoms with Gasteiger partial charge in [0.25, 0.3) is 5.91 Å². The lowest BCUT2D eigenvalue weighted by Gasteiger charge is -2.38. The molecule has 2 aliphatic carbocycles. The molecule has 2 aliphatic heterocycles. The number of hydrogen-bond acceptors (Lipinski definition) is 8. The van der Waals surface area contributed by atoms with E-state index in [1.165, 1.54) is 35.5 Å². The van der Waals surface area contributed by atoms with Gasteiger partial charge < -0.3 is 24.5 Å². The first-order chi connectivity index (χ1) is 23.7.